The van der Waals surface area contributed by atoms with E-state index in [9.17, 15) is 4.79 Å². The van der Waals surface area contributed by atoms with Gasteiger partial charge in [0.05, 0.1) is 12.2 Å². The number of thioether (sulfide) groups is 1. The van der Waals surface area contributed by atoms with Crippen LogP contribution in [0.1, 0.15) is 38.5 Å². The van der Waals surface area contributed by atoms with E-state index in [-0.39, 0.29) is 6.42 Å². The summed E-state index contributed by atoms with van der Waals surface area (Å²) in [6.07, 6.45) is 12.6. The Hall–Kier alpha value is -0.740. The van der Waals surface area contributed by atoms with Gasteiger partial charge in [-0.15, -0.1) is 6.58 Å². The Morgan fingerprint density at radius 1 is 1.29 bits per heavy atom. The van der Waals surface area contributed by atoms with Crippen molar-refractivity contribution in [2.45, 2.75) is 50.7 Å². The third-order valence-electron chi connectivity index (χ3n) is 4.47. The molecule has 4 atom stereocenters. The second-order valence-electron chi connectivity index (χ2n) is 5.94. The number of hydrogen-bond donors (Lipinski definition) is 1. The zero-order valence-electron chi connectivity index (χ0n) is 12.6. The second kappa shape index (κ2) is 8.64. The first-order chi connectivity index (χ1) is 10.2. The average Bonchev–Trinajstić information content (AvgIpc) is 3.04. The molecule has 2 saturated heterocycles. The minimum Gasteiger partial charge on any atom is -0.481 e. The Kier molecular flexibility index (Phi) is 6.84. The van der Waals surface area contributed by atoms with Crippen LogP contribution in [-0.2, 0) is 9.53 Å². The van der Waals surface area contributed by atoms with E-state index in [1.807, 2.05) is 17.8 Å². The van der Waals surface area contributed by atoms with E-state index in [1.165, 1.54) is 18.6 Å². The number of carbonyl (C=O) groups is 1. The van der Waals surface area contributed by atoms with Gasteiger partial charge in [-0.1, -0.05) is 18.2 Å². The van der Waals surface area contributed by atoms with Crippen LogP contribution in [0.4, 0.5) is 0 Å². The van der Waals surface area contributed by atoms with Crippen LogP contribution < -0.4 is 0 Å². The molecule has 0 radical (unpaired) electrons. The molecule has 2 rings (SSSR count). The molecular weight excluding hydrogens is 284 g/mol. The summed E-state index contributed by atoms with van der Waals surface area (Å²) < 4.78 is 6.09. The molecule has 0 aromatic carbocycles. The molecule has 2 heterocycles. The summed E-state index contributed by atoms with van der Waals surface area (Å²) in [6.45, 7) is 3.78. The maximum absolute atomic E-state index is 10.4. The third-order valence-corrected chi connectivity index (χ3v) is 5.56. The lowest BCUT2D eigenvalue weighted by molar-refractivity contribution is -0.137. The molecule has 0 unspecified atom stereocenters. The summed E-state index contributed by atoms with van der Waals surface area (Å²) in [6, 6.07) is 0. The van der Waals surface area contributed by atoms with Crippen molar-refractivity contribution in [3.05, 3.63) is 24.8 Å². The van der Waals surface area contributed by atoms with E-state index < -0.39 is 5.97 Å². The van der Waals surface area contributed by atoms with Crippen molar-refractivity contribution in [3.63, 3.8) is 0 Å². The summed E-state index contributed by atoms with van der Waals surface area (Å²) in [4.78, 5) is 10.4. The normalized spacial score (nSPS) is 31.0. The first-order valence-electron chi connectivity index (χ1n) is 7.93. The van der Waals surface area contributed by atoms with Crippen molar-refractivity contribution >= 4 is 17.7 Å². The molecule has 4 heteroatoms. The van der Waals surface area contributed by atoms with E-state index >= 15 is 0 Å². The van der Waals surface area contributed by atoms with Gasteiger partial charge in [0.15, 0.2) is 0 Å². The monoisotopic (exact) mass is 310 g/mol. The molecule has 2 fully saturated rings. The predicted molar refractivity (Wildman–Crippen MR) is 87.6 cm³/mol. The van der Waals surface area contributed by atoms with Crippen LogP contribution in [0.25, 0.3) is 0 Å². The standard InChI is InChI=1S/C17H26O3S/c1-2-11-21-12-14-13(15-9-10-16(14)20-15)7-5-3-4-6-8-17(18)19/h2-3,5,13-16H,1,4,6-12H2,(H,18,19)/b5-3-/t13-,14+,15-,16+/m1/s1. The Labute approximate surface area is 131 Å². The second-order valence-corrected chi connectivity index (χ2v) is 7.01. The summed E-state index contributed by atoms with van der Waals surface area (Å²) in [5.74, 6) is 2.81. The van der Waals surface area contributed by atoms with Crippen LogP contribution in [0.3, 0.4) is 0 Å². The summed E-state index contributed by atoms with van der Waals surface area (Å²) >= 11 is 1.96. The van der Waals surface area contributed by atoms with E-state index in [0.717, 1.165) is 25.0 Å². The molecule has 0 aromatic rings. The number of unbranched alkanes of at least 4 members (excludes halogenated alkanes) is 1. The van der Waals surface area contributed by atoms with Crippen molar-refractivity contribution in [1.29, 1.82) is 0 Å². The van der Waals surface area contributed by atoms with Crippen LogP contribution in [-0.4, -0.2) is 34.8 Å². The van der Waals surface area contributed by atoms with E-state index in [4.69, 9.17) is 9.84 Å². The Morgan fingerprint density at radius 2 is 2.05 bits per heavy atom. The fourth-order valence-electron chi connectivity index (χ4n) is 3.46. The molecule has 3 nitrogen and oxygen atoms in total. The highest BCUT2D eigenvalue weighted by Crippen LogP contribution is 2.46. The number of rotatable bonds is 10. The topological polar surface area (TPSA) is 46.5 Å². The van der Waals surface area contributed by atoms with Gasteiger partial charge in [-0.05, 0) is 49.7 Å². The third kappa shape index (κ3) is 4.89. The summed E-state index contributed by atoms with van der Waals surface area (Å²) in [7, 11) is 0. The molecule has 21 heavy (non-hydrogen) atoms. The fourth-order valence-corrected chi connectivity index (χ4v) is 4.49. The van der Waals surface area contributed by atoms with Gasteiger partial charge in [0.1, 0.15) is 0 Å². The minimum absolute atomic E-state index is 0.266. The maximum Gasteiger partial charge on any atom is 0.303 e. The molecule has 2 aliphatic heterocycles. The van der Waals surface area contributed by atoms with Crippen LogP contribution in [0.5, 0.6) is 0 Å². The quantitative estimate of drug-likeness (QED) is 0.491. The lowest BCUT2D eigenvalue weighted by Crippen LogP contribution is -2.28. The van der Waals surface area contributed by atoms with Crippen molar-refractivity contribution in [2.75, 3.05) is 11.5 Å². The van der Waals surface area contributed by atoms with Crippen molar-refractivity contribution in [2.24, 2.45) is 11.8 Å². The van der Waals surface area contributed by atoms with E-state index in [0.29, 0.717) is 24.0 Å². The fraction of sp³-hybridized carbons (Fsp3) is 0.706. The van der Waals surface area contributed by atoms with Crippen molar-refractivity contribution < 1.29 is 14.6 Å². The average molecular weight is 310 g/mol. The number of ether oxygens (including phenoxy) is 1. The highest BCUT2D eigenvalue weighted by molar-refractivity contribution is 7.99. The maximum atomic E-state index is 10.4. The summed E-state index contributed by atoms with van der Waals surface area (Å²) in [5.41, 5.74) is 0. The largest absolute Gasteiger partial charge is 0.481 e. The number of hydrogen-bond acceptors (Lipinski definition) is 3. The zero-order valence-corrected chi connectivity index (χ0v) is 13.4. The number of allylic oxidation sites excluding steroid dienone is 2. The first-order valence-corrected chi connectivity index (χ1v) is 9.08. The van der Waals surface area contributed by atoms with Gasteiger partial charge < -0.3 is 9.84 Å². The first kappa shape index (κ1) is 16.6. The lowest BCUT2D eigenvalue weighted by atomic mass is 9.78. The SMILES string of the molecule is C=CCSC[C@H]1[C@@H](C/C=C\CCCC(=O)O)[C@H]2CC[C@@H]1O2. The van der Waals surface area contributed by atoms with Gasteiger partial charge in [0.25, 0.3) is 0 Å². The Bertz CT molecular complexity index is 380. The van der Waals surface area contributed by atoms with Crippen LogP contribution in [0.2, 0.25) is 0 Å². The van der Waals surface area contributed by atoms with Crippen LogP contribution in [0.15, 0.2) is 24.8 Å². The highest BCUT2D eigenvalue weighted by Gasteiger charge is 2.47. The Balaban J connectivity index is 1.73. The number of carboxylic acids is 1. The number of aliphatic carboxylic acids is 1. The molecule has 0 saturated carbocycles. The molecule has 2 bridgehead atoms. The van der Waals surface area contributed by atoms with Crippen molar-refractivity contribution in [1.82, 2.24) is 0 Å². The van der Waals surface area contributed by atoms with Gasteiger partial charge >= 0.3 is 5.97 Å². The number of fused-ring (bicyclic) bond motifs is 2. The number of carboxylic acid groups (broad SMARTS) is 1. The molecule has 118 valence electrons. The minimum atomic E-state index is -0.704. The molecular formula is C17H26O3S. The van der Waals surface area contributed by atoms with Gasteiger partial charge in [-0.3, -0.25) is 4.79 Å². The lowest BCUT2D eigenvalue weighted by Gasteiger charge is -2.26. The molecule has 0 aliphatic carbocycles. The van der Waals surface area contributed by atoms with Gasteiger partial charge in [-0.25, -0.2) is 0 Å². The van der Waals surface area contributed by atoms with Crippen LogP contribution >= 0.6 is 11.8 Å². The van der Waals surface area contributed by atoms with Crippen molar-refractivity contribution in [3.8, 4) is 0 Å². The molecule has 1 N–H and O–H groups in total. The molecule has 0 spiro atoms. The van der Waals surface area contributed by atoms with Crippen LogP contribution in [0, 0.1) is 11.8 Å². The zero-order chi connectivity index (χ0) is 15.1. The van der Waals surface area contributed by atoms with E-state index in [1.54, 1.807) is 0 Å². The molecule has 2 aliphatic rings. The van der Waals surface area contributed by atoms with Gasteiger partial charge in [0.2, 0.25) is 0 Å². The van der Waals surface area contributed by atoms with Gasteiger partial charge in [-0.2, -0.15) is 11.8 Å². The highest BCUT2D eigenvalue weighted by atomic mass is 32.2. The Morgan fingerprint density at radius 3 is 2.76 bits per heavy atom. The molecule has 0 aromatic heterocycles. The summed E-state index contributed by atoms with van der Waals surface area (Å²) in [5, 5.41) is 8.60. The molecule has 0 amide bonds. The smallest absolute Gasteiger partial charge is 0.303 e. The van der Waals surface area contributed by atoms with E-state index in [2.05, 4.69) is 18.7 Å². The predicted octanol–water partition coefficient (Wildman–Crippen LogP) is 3.90. The van der Waals surface area contributed by atoms with Gasteiger partial charge in [0, 0.05) is 12.2 Å².